The molecule has 0 bridgehead atoms. The molecule has 1 heterocycles. The van der Waals surface area contributed by atoms with Crippen molar-refractivity contribution in [2.24, 2.45) is 5.92 Å². The van der Waals surface area contributed by atoms with Crippen molar-refractivity contribution in [1.29, 1.82) is 0 Å². The predicted octanol–water partition coefficient (Wildman–Crippen LogP) is 0.915. The van der Waals surface area contributed by atoms with E-state index in [1.807, 2.05) is 13.8 Å². The molecule has 0 aliphatic carbocycles. The zero-order valence-electron chi connectivity index (χ0n) is 10.9. The summed E-state index contributed by atoms with van der Waals surface area (Å²) in [6.07, 6.45) is 1.14. The van der Waals surface area contributed by atoms with Gasteiger partial charge in [-0.25, -0.2) is 8.42 Å². The summed E-state index contributed by atoms with van der Waals surface area (Å²) in [7, 11) is -3.55. The number of carbonyl (C=O) groups is 1. The van der Waals surface area contributed by atoms with E-state index in [4.69, 9.17) is 16.0 Å². The number of hydrogen-bond donors (Lipinski definition) is 1. The maximum Gasteiger partial charge on any atom is 0.335 e. The zero-order valence-corrected chi connectivity index (χ0v) is 12.5. The van der Waals surface area contributed by atoms with E-state index in [1.54, 1.807) is 0 Å². The summed E-state index contributed by atoms with van der Waals surface area (Å²) in [4.78, 5) is 11.5. The van der Waals surface area contributed by atoms with E-state index in [2.05, 4.69) is 15.5 Å². The van der Waals surface area contributed by atoms with E-state index in [-0.39, 0.29) is 30.0 Å². The molecule has 0 spiro atoms. The van der Waals surface area contributed by atoms with Crippen molar-refractivity contribution in [3.8, 4) is 0 Å². The molecule has 0 aromatic carbocycles. The number of sulfone groups is 1. The maximum atomic E-state index is 11.5. The van der Waals surface area contributed by atoms with Crippen LogP contribution in [0, 0.1) is 5.92 Å². The lowest BCUT2D eigenvalue weighted by Gasteiger charge is -2.18. The van der Waals surface area contributed by atoms with E-state index in [9.17, 15) is 13.2 Å². The summed E-state index contributed by atoms with van der Waals surface area (Å²) >= 11 is 5.48. The molecular formula is C10H16ClN3O4S. The summed E-state index contributed by atoms with van der Waals surface area (Å²) in [6, 6.07) is -0.543. The van der Waals surface area contributed by atoms with Crippen LogP contribution in [0.15, 0.2) is 9.64 Å². The van der Waals surface area contributed by atoms with Crippen LogP contribution in [0.5, 0.6) is 0 Å². The van der Waals surface area contributed by atoms with Gasteiger partial charge in [0.25, 0.3) is 0 Å². The minimum absolute atomic E-state index is 0.0351. The smallest absolute Gasteiger partial charge is 0.335 e. The number of hydrogen-bond acceptors (Lipinski definition) is 6. The first-order chi connectivity index (χ1) is 8.75. The number of nitrogens with one attached hydrogen (secondary N) is 1. The standard InChI is InChI=1S/C10H16ClN3O4S/c1-6(2)8(12-7(15)4-5-11)9-13-14-10(18-9)19(3,16)17/h6,8H,4-5H2,1-3H3,(H,12,15)/t8-/m0/s1. The SMILES string of the molecule is CC(C)[C@H](NC(=O)CCCl)c1nnc(S(C)(=O)=O)o1. The van der Waals surface area contributed by atoms with Crippen molar-refractivity contribution in [3.63, 3.8) is 0 Å². The average Bonchev–Trinajstić information content (AvgIpc) is 2.74. The van der Waals surface area contributed by atoms with Crippen molar-refractivity contribution in [1.82, 2.24) is 15.5 Å². The first-order valence-corrected chi connectivity index (χ1v) is 8.07. The highest BCUT2D eigenvalue weighted by Crippen LogP contribution is 2.21. The molecule has 0 saturated carbocycles. The summed E-state index contributed by atoms with van der Waals surface area (Å²) in [5.41, 5.74) is 0. The van der Waals surface area contributed by atoms with Gasteiger partial charge in [-0.3, -0.25) is 4.79 Å². The minimum Gasteiger partial charge on any atom is -0.410 e. The van der Waals surface area contributed by atoms with Crippen LogP contribution in [0.2, 0.25) is 0 Å². The molecule has 0 unspecified atom stereocenters. The van der Waals surface area contributed by atoms with Crippen molar-refractivity contribution in [2.45, 2.75) is 31.5 Å². The van der Waals surface area contributed by atoms with Crippen LogP contribution in [0.25, 0.3) is 0 Å². The Morgan fingerprint density at radius 3 is 2.47 bits per heavy atom. The molecule has 9 heteroatoms. The van der Waals surface area contributed by atoms with Gasteiger partial charge in [-0.05, 0) is 5.92 Å². The minimum atomic E-state index is -3.55. The van der Waals surface area contributed by atoms with Gasteiger partial charge in [0.1, 0.15) is 6.04 Å². The highest BCUT2D eigenvalue weighted by atomic mass is 35.5. The lowest BCUT2D eigenvalue weighted by Crippen LogP contribution is -2.32. The van der Waals surface area contributed by atoms with Gasteiger partial charge in [0.15, 0.2) is 0 Å². The van der Waals surface area contributed by atoms with Gasteiger partial charge in [-0.15, -0.1) is 16.7 Å². The van der Waals surface area contributed by atoms with Gasteiger partial charge in [0.2, 0.25) is 21.6 Å². The molecule has 0 aliphatic heterocycles. The molecular weight excluding hydrogens is 294 g/mol. The number of halogens is 1. The Hall–Kier alpha value is -1.15. The molecule has 1 atom stereocenters. The van der Waals surface area contributed by atoms with Gasteiger partial charge < -0.3 is 9.73 Å². The third-order valence-corrected chi connectivity index (χ3v) is 3.30. The Labute approximate surface area is 116 Å². The van der Waals surface area contributed by atoms with Gasteiger partial charge in [0, 0.05) is 18.6 Å². The van der Waals surface area contributed by atoms with Crippen molar-refractivity contribution >= 4 is 27.3 Å². The van der Waals surface area contributed by atoms with Crippen molar-refractivity contribution in [2.75, 3.05) is 12.1 Å². The molecule has 1 aromatic heterocycles. The molecule has 0 radical (unpaired) electrons. The second kappa shape index (κ2) is 6.33. The molecule has 7 nitrogen and oxygen atoms in total. The van der Waals surface area contributed by atoms with E-state index >= 15 is 0 Å². The zero-order chi connectivity index (χ0) is 14.6. The molecule has 1 amide bonds. The molecule has 1 N–H and O–H groups in total. The average molecular weight is 310 g/mol. The van der Waals surface area contributed by atoms with Crippen LogP contribution in [0.4, 0.5) is 0 Å². The van der Waals surface area contributed by atoms with Crippen molar-refractivity contribution < 1.29 is 17.6 Å². The van der Waals surface area contributed by atoms with Gasteiger partial charge in [-0.2, -0.15) is 0 Å². The fourth-order valence-corrected chi connectivity index (χ4v) is 1.94. The Balaban J connectivity index is 2.94. The highest BCUT2D eigenvalue weighted by molar-refractivity contribution is 7.90. The topological polar surface area (TPSA) is 102 Å². The van der Waals surface area contributed by atoms with Crippen LogP contribution >= 0.6 is 11.6 Å². The van der Waals surface area contributed by atoms with Crippen LogP contribution < -0.4 is 5.32 Å². The quantitative estimate of drug-likeness (QED) is 0.784. The Kier molecular flexibility index (Phi) is 5.30. The Morgan fingerprint density at radius 1 is 1.42 bits per heavy atom. The van der Waals surface area contributed by atoms with E-state index in [0.29, 0.717) is 0 Å². The third kappa shape index (κ3) is 4.46. The lowest BCUT2D eigenvalue weighted by atomic mass is 10.0. The molecule has 19 heavy (non-hydrogen) atoms. The lowest BCUT2D eigenvalue weighted by molar-refractivity contribution is -0.122. The number of nitrogens with zero attached hydrogens (tertiary/aromatic N) is 2. The van der Waals surface area contributed by atoms with E-state index in [1.165, 1.54) is 0 Å². The van der Waals surface area contributed by atoms with Crippen LogP contribution in [-0.2, 0) is 14.6 Å². The molecule has 0 aliphatic rings. The maximum absolute atomic E-state index is 11.5. The van der Waals surface area contributed by atoms with Crippen LogP contribution in [0.1, 0.15) is 32.2 Å². The highest BCUT2D eigenvalue weighted by Gasteiger charge is 2.26. The number of rotatable bonds is 6. The fraction of sp³-hybridized carbons (Fsp3) is 0.700. The molecule has 1 aromatic rings. The van der Waals surface area contributed by atoms with Gasteiger partial charge in [-0.1, -0.05) is 18.9 Å². The number of alkyl halides is 1. The fourth-order valence-electron chi connectivity index (χ4n) is 1.34. The van der Waals surface area contributed by atoms with Crippen LogP contribution in [-0.4, -0.2) is 36.7 Å². The van der Waals surface area contributed by atoms with Gasteiger partial charge in [0.05, 0.1) is 0 Å². The molecule has 1 rings (SSSR count). The normalized spacial score (nSPS) is 13.5. The van der Waals surface area contributed by atoms with Crippen LogP contribution in [0.3, 0.4) is 0 Å². The first kappa shape index (κ1) is 15.9. The summed E-state index contributed by atoms with van der Waals surface area (Å²) in [5, 5.41) is 9.36. The first-order valence-electron chi connectivity index (χ1n) is 5.64. The van der Waals surface area contributed by atoms with Gasteiger partial charge >= 0.3 is 5.22 Å². The Morgan fingerprint density at radius 2 is 2.05 bits per heavy atom. The largest absolute Gasteiger partial charge is 0.410 e. The monoisotopic (exact) mass is 309 g/mol. The second-order valence-corrected chi connectivity index (χ2v) is 6.68. The summed E-state index contributed by atoms with van der Waals surface area (Å²) in [6.45, 7) is 3.69. The second-order valence-electron chi connectivity index (χ2n) is 4.41. The number of aromatic nitrogens is 2. The van der Waals surface area contributed by atoms with E-state index < -0.39 is 21.1 Å². The molecule has 108 valence electrons. The third-order valence-electron chi connectivity index (χ3n) is 2.31. The van der Waals surface area contributed by atoms with Crippen molar-refractivity contribution in [3.05, 3.63) is 5.89 Å². The molecule has 0 fully saturated rings. The number of carbonyl (C=O) groups excluding carboxylic acids is 1. The van der Waals surface area contributed by atoms with E-state index in [0.717, 1.165) is 6.26 Å². The predicted molar refractivity (Wildman–Crippen MR) is 68.5 cm³/mol. The number of amides is 1. The molecule has 0 saturated heterocycles. The Bertz CT molecular complexity index is 541. The summed E-state index contributed by atoms with van der Waals surface area (Å²) < 4.78 is 27.6. The summed E-state index contributed by atoms with van der Waals surface area (Å²) in [5.74, 6) is -0.0204.